The first-order valence-electron chi connectivity index (χ1n) is 2.21. The Kier molecular flexibility index (Phi) is 1.85. The molecular formula is C4H5NOS2. The molecule has 0 aromatic heterocycles. The Labute approximate surface area is 57.0 Å². The third kappa shape index (κ3) is 1.20. The average Bonchev–Trinajstić information content (AvgIpc) is 2.14. The van der Waals surface area contributed by atoms with E-state index in [1.165, 1.54) is 11.8 Å². The highest BCUT2D eigenvalue weighted by Crippen LogP contribution is 2.11. The van der Waals surface area contributed by atoms with E-state index in [2.05, 4.69) is 5.32 Å². The number of thioether (sulfide) groups is 1. The van der Waals surface area contributed by atoms with Gasteiger partial charge in [-0.1, -0.05) is 24.0 Å². The molecule has 1 aliphatic heterocycles. The van der Waals surface area contributed by atoms with Crippen molar-refractivity contribution >= 4 is 34.6 Å². The van der Waals surface area contributed by atoms with Gasteiger partial charge in [-0.15, -0.1) is 0 Å². The summed E-state index contributed by atoms with van der Waals surface area (Å²) in [5.41, 5.74) is 0. The number of aldehydes is 1. The zero-order chi connectivity index (χ0) is 5.98. The van der Waals surface area contributed by atoms with Gasteiger partial charge in [0.2, 0.25) is 0 Å². The first kappa shape index (κ1) is 6.04. The number of thiocarbonyl (C=S) groups is 1. The normalized spacial score (nSPS) is 27.5. The second kappa shape index (κ2) is 2.46. The van der Waals surface area contributed by atoms with Gasteiger partial charge in [-0.25, -0.2) is 0 Å². The van der Waals surface area contributed by atoms with Crippen LogP contribution < -0.4 is 5.32 Å². The van der Waals surface area contributed by atoms with Crippen molar-refractivity contribution in [3.63, 3.8) is 0 Å². The van der Waals surface area contributed by atoms with Gasteiger partial charge in [0.05, 0.1) is 6.04 Å². The monoisotopic (exact) mass is 147 g/mol. The van der Waals surface area contributed by atoms with Gasteiger partial charge in [-0.2, -0.15) is 0 Å². The molecule has 1 aliphatic rings. The molecule has 0 amide bonds. The third-order valence-corrected chi connectivity index (χ3v) is 2.24. The lowest BCUT2D eigenvalue weighted by molar-refractivity contribution is -0.108. The minimum absolute atomic E-state index is 0.0347. The van der Waals surface area contributed by atoms with E-state index in [0.717, 1.165) is 16.4 Å². The molecule has 0 saturated carbocycles. The zero-order valence-corrected chi connectivity index (χ0v) is 5.72. The van der Waals surface area contributed by atoms with Crippen LogP contribution in [0, 0.1) is 0 Å². The third-order valence-electron chi connectivity index (χ3n) is 0.861. The highest BCUT2D eigenvalue weighted by molar-refractivity contribution is 8.23. The molecule has 1 fully saturated rings. The van der Waals surface area contributed by atoms with E-state index in [0.29, 0.717) is 0 Å². The van der Waals surface area contributed by atoms with E-state index in [4.69, 9.17) is 12.2 Å². The first-order valence-corrected chi connectivity index (χ1v) is 3.61. The van der Waals surface area contributed by atoms with Gasteiger partial charge >= 0.3 is 0 Å². The van der Waals surface area contributed by atoms with Crippen LogP contribution in [0.25, 0.3) is 0 Å². The summed E-state index contributed by atoms with van der Waals surface area (Å²) in [6.45, 7) is 0. The van der Waals surface area contributed by atoms with Crippen LogP contribution in [-0.4, -0.2) is 22.4 Å². The van der Waals surface area contributed by atoms with Gasteiger partial charge in [0.25, 0.3) is 0 Å². The number of carbonyl (C=O) groups is 1. The van der Waals surface area contributed by atoms with Gasteiger partial charge in [-0.05, 0) is 0 Å². The first-order chi connectivity index (χ1) is 3.83. The molecule has 0 radical (unpaired) electrons. The van der Waals surface area contributed by atoms with Crippen LogP contribution in [0.2, 0.25) is 0 Å². The summed E-state index contributed by atoms with van der Waals surface area (Å²) in [5, 5.41) is 2.83. The van der Waals surface area contributed by atoms with Crippen LogP contribution in [-0.2, 0) is 4.79 Å². The van der Waals surface area contributed by atoms with Gasteiger partial charge < -0.3 is 10.1 Å². The maximum Gasteiger partial charge on any atom is 0.143 e. The number of carbonyl (C=O) groups excluding carboxylic acids is 1. The molecule has 1 atom stereocenters. The minimum atomic E-state index is -0.0347. The molecule has 44 valence electrons. The van der Waals surface area contributed by atoms with E-state index in [1.807, 2.05) is 0 Å². The Morgan fingerprint density at radius 1 is 2.00 bits per heavy atom. The molecule has 0 spiro atoms. The summed E-state index contributed by atoms with van der Waals surface area (Å²) in [7, 11) is 0. The van der Waals surface area contributed by atoms with Crippen molar-refractivity contribution in [2.24, 2.45) is 0 Å². The maximum absolute atomic E-state index is 10.0. The fourth-order valence-corrected chi connectivity index (χ4v) is 1.56. The van der Waals surface area contributed by atoms with E-state index in [-0.39, 0.29) is 6.04 Å². The topological polar surface area (TPSA) is 29.1 Å². The van der Waals surface area contributed by atoms with E-state index < -0.39 is 0 Å². The zero-order valence-electron chi connectivity index (χ0n) is 4.09. The molecule has 1 rings (SSSR count). The van der Waals surface area contributed by atoms with Gasteiger partial charge in [0.15, 0.2) is 0 Å². The molecule has 0 aromatic rings. The minimum Gasteiger partial charge on any atom is -0.361 e. The van der Waals surface area contributed by atoms with Crippen molar-refractivity contribution in [3.05, 3.63) is 0 Å². The molecule has 2 nitrogen and oxygen atoms in total. The lowest BCUT2D eigenvalue weighted by Gasteiger charge is -1.94. The van der Waals surface area contributed by atoms with Crippen LogP contribution in [0.3, 0.4) is 0 Å². The molecule has 0 aromatic carbocycles. The van der Waals surface area contributed by atoms with Crippen LogP contribution >= 0.6 is 24.0 Å². The number of rotatable bonds is 1. The predicted octanol–water partition coefficient (Wildman–Crippen LogP) is 0.175. The fraction of sp³-hybridized carbons (Fsp3) is 0.500. The Morgan fingerprint density at radius 3 is 3.00 bits per heavy atom. The SMILES string of the molecule is O=C[C@@H]1CSC(=S)N1. The Balaban J connectivity index is 2.43. The van der Waals surface area contributed by atoms with Crippen LogP contribution in [0.1, 0.15) is 0 Å². The summed E-state index contributed by atoms with van der Waals surface area (Å²) < 4.78 is 0.738. The van der Waals surface area contributed by atoms with Crippen molar-refractivity contribution in [1.82, 2.24) is 5.32 Å². The summed E-state index contributed by atoms with van der Waals surface area (Å²) in [6.07, 6.45) is 0.881. The second-order valence-electron chi connectivity index (χ2n) is 1.49. The van der Waals surface area contributed by atoms with Crippen molar-refractivity contribution in [3.8, 4) is 0 Å². The van der Waals surface area contributed by atoms with Crippen molar-refractivity contribution in [1.29, 1.82) is 0 Å². The van der Waals surface area contributed by atoms with Crippen LogP contribution in [0.15, 0.2) is 0 Å². The second-order valence-corrected chi connectivity index (χ2v) is 3.18. The molecule has 0 unspecified atom stereocenters. The smallest absolute Gasteiger partial charge is 0.143 e. The summed E-state index contributed by atoms with van der Waals surface area (Å²) >= 11 is 6.27. The Morgan fingerprint density at radius 2 is 2.75 bits per heavy atom. The molecule has 0 bridgehead atoms. The van der Waals surface area contributed by atoms with E-state index in [1.54, 1.807) is 0 Å². The lowest BCUT2D eigenvalue weighted by Crippen LogP contribution is -2.26. The predicted molar refractivity (Wildman–Crippen MR) is 38.0 cm³/mol. The molecular weight excluding hydrogens is 142 g/mol. The molecule has 1 heterocycles. The van der Waals surface area contributed by atoms with E-state index >= 15 is 0 Å². The van der Waals surface area contributed by atoms with Gasteiger partial charge in [-0.3, -0.25) is 0 Å². The number of nitrogens with one attached hydrogen (secondary N) is 1. The molecule has 1 N–H and O–H groups in total. The molecule has 1 saturated heterocycles. The van der Waals surface area contributed by atoms with Gasteiger partial charge in [0, 0.05) is 5.75 Å². The largest absolute Gasteiger partial charge is 0.361 e. The lowest BCUT2D eigenvalue weighted by atomic mass is 10.4. The van der Waals surface area contributed by atoms with Crippen molar-refractivity contribution in [2.75, 3.05) is 5.75 Å². The summed E-state index contributed by atoms with van der Waals surface area (Å²) in [6, 6.07) is -0.0347. The summed E-state index contributed by atoms with van der Waals surface area (Å²) in [5.74, 6) is 0.794. The average molecular weight is 147 g/mol. The van der Waals surface area contributed by atoms with Crippen LogP contribution in [0.5, 0.6) is 0 Å². The number of hydrogen-bond donors (Lipinski definition) is 1. The molecule has 8 heavy (non-hydrogen) atoms. The van der Waals surface area contributed by atoms with Crippen molar-refractivity contribution < 1.29 is 4.79 Å². The highest BCUT2D eigenvalue weighted by atomic mass is 32.2. The number of hydrogen-bond acceptors (Lipinski definition) is 3. The highest BCUT2D eigenvalue weighted by Gasteiger charge is 2.16. The quantitative estimate of drug-likeness (QED) is 0.423. The maximum atomic E-state index is 10.0. The fourth-order valence-electron chi connectivity index (χ4n) is 0.473. The Bertz CT molecular complexity index is 125. The molecule has 0 aliphatic carbocycles. The van der Waals surface area contributed by atoms with Crippen LogP contribution in [0.4, 0.5) is 0 Å². The standard InChI is InChI=1S/C4H5NOS2/c6-1-3-2-8-4(7)5-3/h1,3H,2H2,(H,5,7)/t3-/m1/s1. The van der Waals surface area contributed by atoms with Crippen molar-refractivity contribution in [2.45, 2.75) is 6.04 Å². The Hall–Kier alpha value is -0.0900. The molecule has 4 heteroatoms. The van der Waals surface area contributed by atoms with Gasteiger partial charge in [0.1, 0.15) is 10.6 Å². The van der Waals surface area contributed by atoms with E-state index in [9.17, 15) is 4.79 Å². The summed E-state index contributed by atoms with van der Waals surface area (Å²) in [4.78, 5) is 10.0.